The Kier molecular flexibility index (Phi) is 3.18. The monoisotopic (exact) mass is 313 g/mol. The van der Waals surface area contributed by atoms with Crippen LogP contribution in [-0.4, -0.2) is 36.4 Å². The summed E-state index contributed by atoms with van der Waals surface area (Å²) < 4.78 is 10.5. The fourth-order valence-corrected chi connectivity index (χ4v) is 3.95. The molecule has 3 aliphatic heterocycles. The van der Waals surface area contributed by atoms with Crippen molar-refractivity contribution < 1.29 is 19.1 Å². The molecule has 3 aliphatic rings. The molecule has 0 saturated heterocycles. The molecule has 0 aromatic heterocycles. The second-order valence-electron chi connectivity index (χ2n) is 6.39. The van der Waals surface area contributed by atoms with E-state index in [2.05, 4.69) is 17.0 Å². The van der Waals surface area contributed by atoms with Crippen LogP contribution in [0.4, 0.5) is 0 Å². The van der Waals surface area contributed by atoms with Crippen LogP contribution in [0.3, 0.4) is 0 Å². The van der Waals surface area contributed by atoms with Gasteiger partial charge in [0.05, 0.1) is 13.2 Å². The number of methoxy groups -OCH3 is 1. The Morgan fingerprint density at radius 2 is 2.09 bits per heavy atom. The largest absolute Gasteiger partial charge is 0.497 e. The molecule has 23 heavy (non-hydrogen) atoms. The zero-order valence-electron chi connectivity index (χ0n) is 13.3. The third-order valence-corrected chi connectivity index (χ3v) is 4.99. The van der Waals surface area contributed by atoms with Crippen LogP contribution in [-0.2, 0) is 20.7 Å². The van der Waals surface area contributed by atoms with Crippen molar-refractivity contribution in [3.63, 3.8) is 0 Å². The number of ether oxygens (including phenoxy) is 2. The van der Waals surface area contributed by atoms with E-state index in [-0.39, 0.29) is 23.5 Å². The number of hydrogen-bond acceptors (Lipinski definition) is 5. The van der Waals surface area contributed by atoms with E-state index in [0.29, 0.717) is 12.8 Å². The highest BCUT2D eigenvalue weighted by Crippen LogP contribution is 2.43. The lowest BCUT2D eigenvalue weighted by Crippen LogP contribution is -2.45. The molecule has 0 aliphatic carbocycles. The van der Waals surface area contributed by atoms with E-state index in [1.165, 1.54) is 11.1 Å². The smallest absolute Gasteiger partial charge is 0.343 e. The van der Waals surface area contributed by atoms with Gasteiger partial charge in [0.15, 0.2) is 5.78 Å². The molecule has 120 valence electrons. The SMILES string of the molecule is COc1ccc2c(c1)CCN1C3=C(C(=O)CC21)C(=O)O[C@@H](C)C3. The van der Waals surface area contributed by atoms with Crippen LogP contribution in [0.5, 0.6) is 5.75 Å². The van der Waals surface area contributed by atoms with Crippen molar-refractivity contribution in [2.24, 2.45) is 0 Å². The van der Waals surface area contributed by atoms with E-state index in [1.807, 2.05) is 13.0 Å². The molecular formula is C18H19NO4. The van der Waals surface area contributed by atoms with Gasteiger partial charge in [-0.3, -0.25) is 4.79 Å². The molecule has 1 aromatic rings. The lowest BCUT2D eigenvalue weighted by atomic mass is 9.82. The maximum Gasteiger partial charge on any atom is 0.343 e. The first kappa shape index (κ1) is 14.3. The van der Waals surface area contributed by atoms with Gasteiger partial charge in [0.25, 0.3) is 0 Å². The minimum Gasteiger partial charge on any atom is -0.497 e. The predicted octanol–water partition coefficient (Wildman–Crippen LogP) is 2.16. The second-order valence-corrected chi connectivity index (χ2v) is 6.39. The molecule has 2 atom stereocenters. The summed E-state index contributed by atoms with van der Waals surface area (Å²) in [5.41, 5.74) is 3.55. The van der Waals surface area contributed by atoms with Crippen molar-refractivity contribution in [2.75, 3.05) is 13.7 Å². The number of carbonyl (C=O) groups is 2. The normalized spacial score (nSPS) is 26.3. The minimum atomic E-state index is -0.456. The Balaban J connectivity index is 1.78. The molecule has 1 aromatic carbocycles. The zero-order valence-corrected chi connectivity index (χ0v) is 13.3. The average molecular weight is 313 g/mol. The van der Waals surface area contributed by atoms with Crippen molar-refractivity contribution >= 4 is 11.8 Å². The number of ketones is 1. The van der Waals surface area contributed by atoms with Gasteiger partial charge in [-0.15, -0.1) is 0 Å². The first-order chi connectivity index (χ1) is 11.1. The molecule has 4 rings (SSSR count). The number of benzene rings is 1. The van der Waals surface area contributed by atoms with Crippen LogP contribution in [0.25, 0.3) is 0 Å². The van der Waals surface area contributed by atoms with Crippen molar-refractivity contribution in [3.05, 3.63) is 40.6 Å². The molecule has 0 saturated carbocycles. The van der Waals surface area contributed by atoms with Crippen molar-refractivity contribution in [1.29, 1.82) is 0 Å². The molecule has 5 heteroatoms. The maximum atomic E-state index is 12.5. The fraction of sp³-hybridized carbons (Fsp3) is 0.444. The van der Waals surface area contributed by atoms with Gasteiger partial charge in [0.1, 0.15) is 17.4 Å². The van der Waals surface area contributed by atoms with Crippen molar-refractivity contribution in [1.82, 2.24) is 4.90 Å². The van der Waals surface area contributed by atoms with Crippen LogP contribution in [0.1, 0.15) is 36.9 Å². The average Bonchev–Trinajstić information content (AvgIpc) is 2.53. The van der Waals surface area contributed by atoms with E-state index in [9.17, 15) is 9.59 Å². The summed E-state index contributed by atoms with van der Waals surface area (Å²) in [7, 11) is 1.66. The molecule has 0 spiro atoms. The Hall–Kier alpha value is -2.30. The van der Waals surface area contributed by atoms with E-state index < -0.39 is 5.97 Å². The molecule has 5 nitrogen and oxygen atoms in total. The van der Waals surface area contributed by atoms with Gasteiger partial charge < -0.3 is 14.4 Å². The van der Waals surface area contributed by atoms with Gasteiger partial charge in [-0.25, -0.2) is 4.79 Å². The first-order valence-electron chi connectivity index (χ1n) is 7.99. The van der Waals surface area contributed by atoms with Gasteiger partial charge in [-0.1, -0.05) is 6.07 Å². The van der Waals surface area contributed by atoms with Gasteiger partial charge in [-0.2, -0.15) is 0 Å². The van der Waals surface area contributed by atoms with Crippen molar-refractivity contribution in [2.45, 2.75) is 38.3 Å². The Morgan fingerprint density at radius 1 is 1.26 bits per heavy atom. The highest BCUT2D eigenvalue weighted by Gasteiger charge is 2.43. The van der Waals surface area contributed by atoms with Gasteiger partial charge in [0, 0.05) is 25.1 Å². The molecule has 0 N–H and O–H groups in total. The summed E-state index contributed by atoms with van der Waals surface area (Å²) in [4.78, 5) is 26.9. The summed E-state index contributed by atoms with van der Waals surface area (Å²) in [5, 5.41) is 0. The summed E-state index contributed by atoms with van der Waals surface area (Å²) in [6.45, 7) is 2.69. The van der Waals surface area contributed by atoms with Crippen LogP contribution in [0.2, 0.25) is 0 Å². The number of fused-ring (bicyclic) bond motifs is 4. The summed E-state index contributed by atoms with van der Waals surface area (Å²) >= 11 is 0. The van der Waals surface area contributed by atoms with Crippen molar-refractivity contribution in [3.8, 4) is 5.75 Å². The summed E-state index contributed by atoms with van der Waals surface area (Å²) in [6.07, 6.45) is 1.67. The molecule has 3 heterocycles. The van der Waals surface area contributed by atoms with E-state index >= 15 is 0 Å². The molecule has 0 amide bonds. The second kappa shape index (κ2) is 5.11. The van der Waals surface area contributed by atoms with Crippen LogP contribution < -0.4 is 4.74 Å². The minimum absolute atomic E-state index is 0.0222. The zero-order chi connectivity index (χ0) is 16.1. The quantitative estimate of drug-likeness (QED) is 0.587. The number of esters is 1. The predicted molar refractivity (Wildman–Crippen MR) is 83.0 cm³/mol. The Labute approximate surface area is 134 Å². The van der Waals surface area contributed by atoms with Crippen LogP contribution in [0, 0.1) is 0 Å². The van der Waals surface area contributed by atoms with Gasteiger partial charge in [-0.05, 0) is 36.6 Å². The number of hydrogen-bond donors (Lipinski definition) is 0. The number of carbonyl (C=O) groups excluding carboxylic acids is 2. The Bertz CT molecular complexity index is 737. The van der Waals surface area contributed by atoms with Gasteiger partial charge in [0.2, 0.25) is 0 Å². The molecule has 0 bridgehead atoms. The van der Waals surface area contributed by atoms with Crippen LogP contribution in [0.15, 0.2) is 29.5 Å². The third-order valence-electron chi connectivity index (χ3n) is 4.99. The molecular weight excluding hydrogens is 294 g/mol. The molecule has 1 unspecified atom stereocenters. The first-order valence-corrected chi connectivity index (χ1v) is 7.99. The van der Waals surface area contributed by atoms with E-state index in [1.54, 1.807) is 7.11 Å². The molecule has 0 fully saturated rings. The van der Waals surface area contributed by atoms with Crippen LogP contribution >= 0.6 is 0 Å². The number of Topliss-reactive ketones (excluding diaryl/α,β-unsaturated/α-hetero) is 1. The fourth-order valence-electron chi connectivity index (χ4n) is 3.95. The Morgan fingerprint density at radius 3 is 2.87 bits per heavy atom. The van der Waals surface area contributed by atoms with E-state index in [4.69, 9.17) is 9.47 Å². The standard InChI is InChI=1S/C18H19NO4/c1-10-7-15-17(18(21)23-10)16(20)9-14-13-4-3-12(22-2)8-11(13)5-6-19(14)15/h3-4,8,10,14H,5-7,9H2,1-2H3/t10-,14?/m0/s1. The third kappa shape index (κ3) is 2.14. The molecule has 0 radical (unpaired) electrons. The van der Waals surface area contributed by atoms with Gasteiger partial charge >= 0.3 is 5.97 Å². The topological polar surface area (TPSA) is 55.8 Å². The highest BCUT2D eigenvalue weighted by atomic mass is 16.5. The van der Waals surface area contributed by atoms with E-state index in [0.717, 1.165) is 24.4 Å². The highest BCUT2D eigenvalue weighted by molar-refractivity contribution is 6.19. The number of nitrogens with zero attached hydrogens (tertiary/aromatic N) is 1. The summed E-state index contributed by atoms with van der Waals surface area (Å²) in [5.74, 6) is 0.290. The number of rotatable bonds is 1. The number of cyclic esters (lactones) is 1. The lowest BCUT2D eigenvalue weighted by Gasteiger charge is -2.45. The maximum absolute atomic E-state index is 12.5. The lowest BCUT2D eigenvalue weighted by molar-refractivity contribution is -0.147. The summed E-state index contributed by atoms with van der Waals surface area (Å²) in [6, 6.07) is 6.07.